The third kappa shape index (κ3) is 3.52. The number of aromatic nitrogens is 4. The molecule has 1 amide bonds. The number of rotatable bonds is 4. The molecule has 2 aromatic carbocycles. The van der Waals surface area contributed by atoms with Crippen LogP contribution >= 0.6 is 0 Å². The molecule has 146 valence electrons. The molecule has 1 N–H and O–H groups in total. The van der Waals surface area contributed by atoms with Gasteiger partial charge in [0.1, 0.15) is 17.3 Å². The van der Waals surface area contributed by atoms with Crippen LogP contribution in [0, 0.1) is 25.5 Å². The standard InChI is InChI=1S/C21H17F2N5O/c1-13-20(14(2)28(26-13)17-9-7-15(22)8-10-17)21(29)25-16-11-24-27(12-16)19-6-4-3-5-18(19)23/h3-12H,1-2H3,(H,25,29). The molecule has 0 spiro atoms. The minimum atomic E-state index is -0.416. The van der Waals surface area contributed by atoms with Gasteiger partial charge in [-0.15, -0.1) is 0 Å². The second-order valence-electron chi connectivity index (χ2n) is 6.51. The summed E-state index contributed by atoms with van der Waals surface area (Å²) in [5.41, 5.74) is 2.92. The third-order valence-corrected chi connectivity index (χ3v) is 4.53. The van der Waals surface area contributed by atoms with Crippen molar-refractivity contribution in [2.24, 2.45) is 0 Å². The number of aryl methyl sites for hydroxylation is 1. The van der Waals surface area contributed by atoms with Gasteiger partial charge >= 0.3 is 0 Å². The first-order valence-electron chi connectivity index (χ1n) is 8.87. The van der Waals surface area contributed by atoms with Crippen LogP contribution in [0.15, 0.2) is 60.9 Å². The van der Waals surface area contributed by atoms with Gasteiger partial charge in [0.15, 0.2) is 0 Å². The van der Waals surface area contributed by atoms with Crippen molar-refractivity contribution in [3.63, 3.8) is 0 Å². The highest BCUT2D eigenvalue weighted by molar-refractivity contribution is 6.05. The highest BCUT2D eigenvalue weighted by Crippen LogP contribution is 2.21. The van der Waals surface area contributed by atoms with Crippen LogP contribution in [0.25, 0.3) is 11.4 Å². The van der Waals surface area contributed by atoms with E-state index in [1.54, 1.807) is 48.9 Å². The highest BCUT2D eigenvalue weighted by Gasteiger charge is 2.20. The number of amides is 1. The number of nitrogens with zero attached hydrogens (tertiary/aromatic N) is 4. The monoisotopic (exact) mass is 393 g/mol. The first kappa shape index (κ1) is 18.5. The van der Waals surface area contributed by atoms with Crippen LogP contribution in [0.4, 0.5) is 14.5 Å². The Balaban J connectivity index is 1.60. The topological polar surface area (TPSA) is 64.7 Å². The minimum Gasteiger partial charge on any atom is -0.319 e. The number of hydrogen-bond donors (Lipinski definition) is 1. The Morgan fingerprint density at radius 2 is 1.76 bits per heavy atom. The summed E-state index contributed by atoms with van der Waals surface area (Å²) in [5, 5.41) is 11.3. The van der Waals surface area contributed by atoms with Crippen molar-refractivity contribution in [3.05, 3.63) is 89.5 Å². The molecule has 2 heterocycles. The molecule has 4 rings (SSSR count). The van der Waals surface area contributed by atoms with E-state index >= 15 is 0 Å². The summed E-state index contributed by atoms with van der Waals surface area (Å²) in [4.78, 5) is 12.8. The first-order chi connectivity index (χ1) is 13.9. The minimum absolute atomic E-state index is 0.282. The number of carbonyl (C=O) groups is 1. The van der Waals surface area contributed by atoms with Gasteiger partial charge in [-0.1, -0.05) is 12.1 Å². The van der Waals surface area contributed by atoms with E-state index in [1.807, 2.05) is 0 Å². The second kappa shape index (κ2) is 7.31. The predicted octanol–water partition coefficient (Wildman–Crippen LogP) is 4.21. The second-order valence-corrected chi connectivity index (χ2v) is 6.51. The van der Waals surface area contributed by atoms with Gasteiger partial charge in [-0.3, -0.25) is 4.79 Å². The molecule has 0 atom stereocenters. The van der Waals surface area contributed by atoms with E-state index in [9.17, 15) is 13.6 Å². The van der Waals surface area contributed by atoms with Crippen molar-refractivity contribution in [2.75, 3.05) is 5.32 Å². The summed E-state index contributed by atoms with van der Waals surface area (Å²) >= 11 is 0. The third-order valence-electron chi connectivity index (χ3n) is 4.53. The van der Waals surface area contributed by atoms with Gasteiger partial charge in [0.25, 0.3) is 5.91 Å². The van der Waals surface area contributed by atoms with Crippen LogP contribution in [0.3, 0.4) is 0 Å². The van der Waals surface area contributed by atoms with Gasteiger partial charge in [0.2, 0.25) is 0 Å². The fraction of sp³-hybridized carbons (Fsp3) is 0.0952. The zero-order valence-corrected chi connectivity index (χ0v) is 15.7. The van der Waals surface area contributed by atoms with Crippen LogP contribution in [0.5, 0.6) is 0 Å². The fourth-order valence-corrected chi connectivity index (χ4v) is 3.16. The van der Waals surface area contributed by atoms with Gasteiger partial charge < -0.3 is 5.32 Å². The Hall–Kier alpha value is -3.81. The molecule has 0 aliphatic carbocycles. The molecule has 4 aromatic rings. The zero-order valence-electron chi connectivity index (χ0n) is 15.7. The van der Waals surface area contributed by atoms with E-state index in [2.05, 4.69) is 15.5 Å². The Morgan fingerprint density at radius 1 is 1.03 bits per heavy atom. The van der Waals surface area contributed by atoms with E-state index in [-0.39, 0.29) is 17.4 Å². The highest BCUT2D eigenvalue weighted by atomic mass is 19.1. The maximum Gasteiger partial charge on any atom is 0.259 e. The van der Waals surface area contributed by atoms with Crippen molar-refractivity contribution in [3.8, 4) is 11.4 Å². The maximum absolute atomic E-state index is 13.9. The number of para-hydroxylation sites is 1. The summed E-state index contributed by atoms with van der Waals surface area (Å²) in [6.07, 6.45) is 2.98. The molecule has 0 aliphatic rings. The number of anilines is 1. The lowest BCUT2D eigenvalue weighted by Crippen LogP contribution is -2.13. The van der Waals surface area contributed by atoms with E-state index in [4.69, 9.17) is 0 Å². The number of benzene rings is 2. The van der Waals surface area contributed by atoms with Crippen molar-refractivity contribution < 1.29 is 13.6 Å². The van der Waals surface area contributed by atoms with E-state index in [0.717, 1.165) is 0 Å². The largest absolute Gasteiger partial charge is 0.319 e. The molecule has 0 saturated carbocycles. The molecule has 0 unspecified atom stereocenters. The summed E-state index contributed by atoms with van der Waals surface area (Å²) in [7, 11) is 0. The van der Waals surface area contributed by atoms with E-state index in [1.165, 1.54) is 35.3 Å². The predicted molar refractivity (Wildman–Crippen MR) is 104 cm³/mol. The summed E-state index contributed by atoms with van der Waals surface area (Å²) in [5.74, 6) is -1.12. The van der Waals surface area contributed by atoms with Crippen LogP contribution < -0.4 is 5.32 Å². The van der Waals surface area contributed by atoms with Gasteiger partial charge in [-0.05, 0) is 50.2 Å². The summed E-state index contributed by atoms with van der Waals surface area (Å²) < 4.78 is 30.1. The number of hydrogen-bond acceptors (Lipinski definition) is 3. The van der Waals surface area contributed by atoms with Crippen molar-refractivity contribution in [2.45, 2.75) is 13.8 Å². The molecule has 0 radical (unpaired) electrons. The molecule has 0 bridgehead atoms. The Morgan fingerprint density at radius 3 is 2.48 bits per heavy atom. The molecule has 2 aromatic heterocycles. The number of nitrogens with one attached hydrogen (secondary N) is 1. The number of carbonyl (C=O) groups excluding carboxylic acids is 1. The average molecular weight is 393 g/mol. The lowest BCUT2D eigenvalue weighted by atomic mass is 10.2. The van der Waals surface area contributed by atoms with Gasteiger partial charge in [0, 0.05) is 0 Å². The quantitative estimate of drug-likeness (QED) is 0.565. The summed E-state index contributed by atoms with van der Waals surface area (Å²) in [6.45, 7) is 3.49. The normalized spacial score (nSPS) is 10.9. The van der Waals surface area contributed by atoms with Gasteiger partial charge in [0.05, 0.1) is 40.7 Å². The Bertz CT molecular complexity index is 1190. The van der Waals surface area contributed by atoms with Crippen LogP contribution in [0.2, 0.25) is 0 Å². The Labute approximate surface area is 165 Å². The average Bonchev–Trinajstić information content (AvgIpc) is 3.27. The van der Waals surface area contributed by atoms with E-state index < -0.39 is 5.82 Å². The lowest BCUT2D eigenvalue weighted by molar-refractivity contribution is 0.102. The maximum atomic E-state index is 13.9. The van der Waals surface area contributed by atoms with Crippen LogP contribution in [0.1, 0.15) is 21.7 Å². The molecular weight excluding hydrogens is 376 g/mol. The van der Waals surface area contributed by atoms with Crippen molar-refractivity contribution in [1.82, 2.24) is 19.6 Å². The van der Waals surface area contributed by atoms with Crippen molar-refractivity contribution >= 4 is 11.6 Å². The van der Waals surface area contributed by atoms with Crippen LogP contribution in [-0.2, 0) is 0 Å². The molecule has 0 fully saturated rings. The molecule has 0 saturated heterocycles. The van der Waals surface area contributed by atoms with E-state index in [0.29, 0.717) is 28.3 Å². The fourth-order valence-electron chi connectivity index (χ4n) is 3.16. The van der Waals surface area contributed by atoms with Crippen molar-refractivity contribution in [1.29, 1.82) is 0 Å². The van der Waals surface area contributed by atoms with Crippen LogP contribution in [-0.4, -0.2) is 25.5 Å². The smallest absolute Gasteiger partial charge is 0.259 e. The SMILES string of the molecule is Cc1nn(-c2ccc(F)cc2)c(C)c1C(=O)Nc1cnn(-c2ccccc2F)c1. The Kier molecular flexibility index (Phi) is 4.67. The molecule has 6 nitrogen and oxygen atoms in total. The molecular formula is C21H17F2N5O. The lowest BCUT2D eigenvalue weighted by Gasteiger charge is -2.06. The molecule has 0 aliphatic heterocycles. The van der Waals surface area contributed by atoms with Gasteiger partial charge in [-0.2, -0.15) is 10.2 Å². The number of halogens is 2. The summed E-state index contributed by atoms with van der Waals surface area (Å²) in [6, 6.07) is 12.1. The molecule has 29 heavy (non-hydrogen) atoms. The molecule has 8 heteroatoms. The van der Waals surface area contributed by atoms with Gasteiger partial charge in [-0.25, -0.2) is 18.1 Å². The first-order valence-corrected chi connectivity index (χ1v) is 8.87. The zero-order chi connectivity index (χ0) is 20.5.